The first kappa shape index (κ1) is 33.9. The number of aromatic nitrogens is 2. The van der Waals surface area contributed by atoms with Crippen molar-refractivity contribution in [2.45, 2.75) is 44.6 Å². The zero-order chi connectivity index (χ0) is 34.8. The van der Waals surface area contributed by atoms with Crippen LogP contribution in [0.3, 0.4) is 0 Å². The number of aryl methyl sites for hydroxylation is 1. The molecule has 1 atom stereocenters. The highest BCUT2D eigenvalue weighted by molar-refractivity contribution is 5.49. The average Bonchev–Trinajstić information content (AvgIpc) is 3.51. The number of hydrogen-bond donors (Lipinski definition) is 0. The Morgan fingerprint density at radius 3 is 2.18 bits per heavy atom. The monoisotopic (exact) mass is 691 g/mol. The Bertz CT molecular complexity index is 1750. The molecule has 1 unspecified atom stereocenters. The van der Waals surface area contributed by atoms with E-state index >= 15 is 0 Å². The van der Waals surface area contributed by atoms with Crippen LogP contribution in [0.15, 0.2) is 72.9 Å². The van der Waals surface area contributed by atoms with Crippen molar-refractivity contribution in [1.29, 1.82) is 0 Å². The molecule has 1 fully saturated rings. The number of hydrogen-bond acceptors (Lipinski definition) is 8. The molecule has 6 rings (SSSR count). The SMILES string of the molecule is O=[N+]([O-])c1cn2c(n1)OC(COc1ccc(N3CCN(Cc4ccc(OCc5ccc(C(F)(F)F)cc5C(F)(F)F)cc4)CC3)cc1)CC2. The van der Waals surface area contributed by atoms with Crippen molar-refractivity contribution < 1.29 is 45.5 Å². The van der Waals surface area contributed by atoms with Gasteiger partial charge in [-0.2, -0.15) is 26.3 Å². The summed E-state index contributed by atoms with van der Waals surface area (Å²) in [4.78, 5) is 18.9. The number of nitro groups is 1. The Morgan fingerprint density at radius 1 is 0.857 bits per heavy atom. The summed E-state index contributed by atoms with van der Waals surface area (Å²) in [7, 11) is 0. The number of nitrogens with zero attached hydrogens (tertiary/aromatic N) is 5. The highest BCUT2D eigenvalue weighted by atomic mass is 19.4. The third-order valence-electron chi connectivity index (χ3n) is 8.35. The standard InChI is InChI=1S/C33H31F6N5O5/c34-32(35,36)24-4-3-23(29(17-24)33(37,38)39)20-47-26-7-1-22(2-8-26)18-41-13-15-42(16-14-41)25-5-9-27(10-6-25)48-21-28-11-12-43-19-30(44(45)46)40-31(43)49-28/h1-10,17,19,28H,11-16,18,20-21H2. The quantitative estimate of drug-likeness (QED) is 0.100. The van der Waals surface area contributed by atoms with E-state index in [-0.39, 0.29) is 36.2 Å². The Hall–Kier alpha value is -4.99. The lowest BCUT2D eigenvalue weighted by Gasteiger charge is -2.36. The number of anilines is 1. The van der Waals surface area contributed by atoms with Gasteiger partial charge in [0.15, 0.2) is 0 Å². The van der Waals surface area contributed by atoms with E-state index in [0.717, 1.165) is 43.5 Å². The summed E-state index contributed by atoms with van der Waals surface area (Å²) < 4.78 is 97.9. The Kier molecular flexibility index (Phi) is 9.59. The maximum Gasteiger partial charge on any atom is 0.416 e. The van der Waals surface area contributed by atoms with Crippen molar-refractivity contribution in [3.8, 4) is 17.5 Å². The first-order valence-corrected chi connectivity index (χ1v) is 15.4. The topological polar surface area (TPSA) is 95.1 Å². The molecule has 3 heterocycles. The number of benzene rings is 3. The Balaban J connectivity index is 0.943. The molecule has 0 radical (unpaired) electrons. The fourth-order valence-electron chi connectivity index (χ4n) is 5.70. The lowest BCUT2D eigenvalue weighted by Crippen LogP contribution is -2.45. The second-order valence-corrected chi connectivity index (χ2v) is 11.7. The molecule has 16 heteroatoms. The molecule has 0 aliphatic carbocycles. The predicted molar refractivity (Wildman–Crippen MR) is 165 cm³/mol. The average molecular weight is 692 g/mol. The van der Waals surface area contributed by atoms with E-state index < -0.39 is 35.0 Å². The molecule has 260 valence electrons. The van der Waals surface area contributed by atoms with Crippen LogP contribution in [-0.4, -0.2) is 58.3 Å². The van der Waals surface area contributed by atoms with Gasteiger partial charge in [0.2, 0.25) is 0 Å². The van der Waals surface area contributed by atoms with Gasteiger partial charge in [-0.15, -0.1) is 0 Å². The minimum Gasteiger partial charge on any atom is -0.490 e. The van der Waals surface area contributed by atoms with Crippen molar-refractivity contribution in [3.63, 3.8) is 0 Å². The van der Waals surface area contributed by atoms with E-state index in [1.165, 1.54) is 6.20 Å². The molecule has 0 spiro atoms. The highest BCUT2D eigenvalue weighted by Gasteiger charge is 2.38. The lowest BCUT2D eigenvalue weighted by atomic mass is 10.0. The molecule has 49 heavy (non-hydrogen) atoms. The number of halogens is 6. The first-order chi connectivity index (χ1) is 23.3. The first-order valence-electron chi connectivity index (χ1n) is 15.4. The number of rotatable bonds is 10. The third kappa shape index (κ3) is 8.36. The highest BCUT2D eigenvalue weighted by Crippen LogP contribution is 2.38. The van der Waals surface area contributed by atoms with E-state index in [0.29, 0.717) is 37.1 Å². The van der Waals surface area contributed by atoms with Gasteiger partial charge in [-0.1, -0.05) is 18.2 Å². The van der Waals surface area contributed by atoms with Crippen molar-refractivity contribution in [2.75, 3.05) is 37.7 Å². The second kappa shape index (κ2) is 13.9. The summed E-state index contributed by atoms with van der Waals surface area (Å²) in [6.45, 7) is 4.17. The van der Waals surface area contributed by atoms with E-state index in [4.69, 9.17) is 14.2 Å². The molecule has 0 bridgehead atoms. The summed E-state index contributed by atoms with van der Waals surface area (Å²) in [5, 5.41) is 11.0. The lowest BCUT2D eigenvalue weighted by molar-refractivity contribution is -0.389. The molecule has 0 N–H and O–H groups in total. The summed E-state index contributed by atoms with van der Waals surface area (Å²) in [6, 6.07) is 16.4. The van der Waals surface area contributed by atoms with Crippen LogP contribution in [0.25, 0.3) is 0 Å². The van der Waals surface area contributed by atoms with E-state index in [1.54, 1.807) is 16.7 Å². The van der Waals surface area contributed by atoms with Crippen molar-refractivity contribution in [1.82, 2.24) is 14.5 Å². The van der Waals surface area contributed by atoms with Gasteiger partial charge in [0.25, 0.3) is 0 Å². The van der Waals surface area contributed by atoms with Crippen LogP contribution in [0.4, 0.5) is 37.8 Å². The molecule has 2 aliphatic rings. The molecular weight excluding hydrogens is 660 g/mol. The summed E-state index contributed by atoms with van der Waals surface area (Å²) in [5.41, 5.74) is -1.09. The number of alkyl halides is 6. The maximum absolute atomic E-state index is 13.4. The summed E-state index contributed by atoms with van der Waals surface area (Å²) in [6.07, 6.45) is -8.12. The Morgan fingerprint density at radius 2 is 1.53 bits per heavy atom. The van der Waals surface area contributed by atoms with Crippen LogP contribution < -0.4 is 19.1 Å². The van der Waals surface area contributed by atoms with Crippen LogP contribution in [0.2, 0.25) is 0 Å². The summed E-state index contributed by atoms with van der Waals surface area (Å²) in [5.74, 6) is 0.736. The molecule has 2 aliphatic heterocycles. The molecule has 4 aromatic rings. The number of fused-ring (bicyclic) bond motifs is 1. The zero-order valence-corrected chi connectivity index (χ0v) is 25.9. The van der Waals surface area contributed by atoms with Gasteiger partial charge in [0, 0.05) is 61.9 Å². The predicted octanol–water partition coefficient (Wildman–Crippen LogP) is 6.96. The molecular formula is C33H31F6N5O5. The number of imidazole rings is 1. The van der Waals surface area contributed by atoms with Crippen LogP contribution in [-0.2, 0) is 32.0 Å². The van der Waals surface area contributed by atoms with Gasteiger partial charge in [0.1, 0.15) is 37.0 Å². The van der Waals surface area contributed by atoms with E-state index in [9.17, 15) is 36.5 Å². The fourth-order valence-corrected chi connectivity index (χ4v) is 5.70. The minimum absolute atomic E-state index is 0.109. The van der Waals surface area contributed by atoms with Gasteiger partial charge >= 0.3 is 24.2 Å². The molecule has 0 saturated carbocycles. The van der Waals surface area contributed by atoms with Crippen LogP contribution in [0.5, 0.6) is 17.5 Å². The molecule has 10 nitrogen and oxygen atoms in total. The fraction of sp³-hybridized carbons (Fsp3) is 0.364. The minimum atomic E-state index is -4.96. The number of piperazine rings is 1. The van der Waals surface area contributed by atoms with Crippen molar-refractivity contribution in [3.05, 3.63) is 105 Å². The smallest absolute Gasteiger partial charge is 0.416 e. The van der Waals surface area contributed by atoms with Gasteiger partial charge < -0.3 is 29.2 Å². The van der Waals surface area contributed by atoms with Gasteiger partial charge in [-0.3, -0.25) is 9.47 Å². The third-order valence-corrected chi connectivity index (χ3v) is 8.35. The molecule has 1 aromatic heterocycles. The van der Waals surface area contributed by atoms with E-state index in [1.807, 2.05) is 36.4 Å². The van der Waals surface area contributed by atoms with E-state index in [2.05, 4.69) is 14.8 Å². The van der Waals surface area contributed by atoms with Crippen LogP contribution in [0.1, 0.15) is 28.7 Å². The molecule has 0 amide bonds. The van der Waals surface area contributed by atoms with Crippen molar-refractivity contribution >= 4 is 11.5 Å². The number of ether oxygens (including phenoxy) is 3. The normalized spacial score (nSPS) is 16.9. The molecule has 3 aromatic carbocycles. The van der Waals surface area contributed by atoms with Gasteiger partial charge in [-0.25, -0.2) is 0 Å². The van der Waals surface area contributed by atoms with Gasteiger partial charge in [0.05, 0.1) is 11.1 Å². The Labute approximate surface area is 276 Å². The zero-order valence-electron chi connectivity index (χ0n) is 25.9. The van der Waals surface area contributed by atoms with Gasteiger partial charge in [-0.05, 0) is 59.0 Å². The van der Waals surface area contributed by atoms with Crippen LogP contribution in [0, 0.1) is 10.1 Å². The molecule has 1 saturated heterocycles. The van der Waals surface area contributed by atoms with Crippen molar-refractivity contribution in [2.24, 2.45) is 0 Å². The maximum atomic E-state index is 13.4. The summed E-state index contributed by atoms with van der Waals surface area (Å²) >= 11 is 0. The largest absolute Gasteiger partial charge is 0.490 e. The van der Waals surface area contributed by atoms with Crippen LogP contribution >= 0.6 is 0 Å². The second-order valence-electron chi connectivity index (χ2n) is 11.7.